The number of benzene rings is 1. The Hall–Kier alpha value is -2.29. The van der Waals surface area contributed by atoms with Crippen molar-refractivity contribution in [3.63, 3.8) is 0 Å². The average molecular weight is 238 g/mol. The second-order valence-corrected chi connectivity index (χ2v) is 4.28. The van der Waals surface area contributed by atoms with Crippen LogP contribution in [0.1, 0.15) is 11.5 Å². The second kappa shape index (κ2) is 4.53. The average Bonchev–Trinajstić information content (AvgIpc) is 2.82. The van der Waals surface area contributed by atoms with Gasteiger partial charge in [0.25, 0.3) is 0 Å². The first-order chi connectivity index (χ1) is 8.81. The molecule has 3 nitrogen and oxygen atoms in total. The van der Waals surface area contributed by atoms with Gasteiger partial charge >= 0.3 is 0 Å². The molecule has 0 atom stereocenters. The molecule has 0 amide bonds. The minimum absolute atomic E-state index is 0.694. The van der Waals surface area contributed by atoms with Gasteiger partial charge in [0.1, 0.15) is 11.5 Å². The SMILES string of the molecule is Cc1ccc(CNc2ccc3ncccc3c2)o1. The van der Waals surface area contributed by atoms with Crippen LogP contribution < -0.4 is 5.32 Å². The normalized spacial score (nSPS) is 10.7. The largest absolute Gasteiger partial charge is 0.465 e. The molecule has 90 valence electrons. The van der Waals surface area contributed by atoms with Gasteiger partial charge in [-0.05, 0) is 43.3 Å². The molecule has 0 aliphatic carbocycles. The zero-order valence-corrected chi connectivity index (χ0v) is 10.2. The molecule has 2 heterocycles. The maximum atomic E-state index is 5.52. The van der Waals surface area contributed by atoms with E-state index in [1.165, 1.54) is 0 Å². The molecule has 3 aromatic rings. The lowest BCUT2D eigenvalue weighted by Gasteiger charge is -2.05. The van der Waals surface area contributed by atoms with Crippen LogP contribution in [0.3, 0.4) is 0 Å². The number of nitrogens with one attached hydrogen (secondary N) is 1. The zero-order chi connectivity index (χ0) is 12.4. The van der Waals surface area contributed by atoms with Crippen molar-refractivity contribution in [1.29, 1.82) is 0 Å². The summed E-state index contributed by atoms with van der Waals surface area (Å²) in [6.45, 7) is 2.64. The van der Waals surface area contributed by atoms with Gasteiger partial charge in [0.05, 0.1) is 12.1 Å². The quantitative estimate of drug-likeness (QED) is 0.755. The van der Waals surface area contributed by atoms with Gasteiger partial charge in [-0.25, -0.2) is 0 Å². The van der Waals surface area contributed by atoms with Gasteiger partial charge in [0.15, 0.2) is 0 Å². The molecular weight excluding hydrogens is 224 g/mol. The van der Waals surface area contributed by atoms with Crippen LogP contribution >= 0.6 is 0 Å². The summed E-state index contributed by atoms with van der Waals surface area (Å²) in [5.41, 5.74) is 2.08. The number of pyridine rings is 1. The summed E-state index contributed by atoms with van der Waals surface area (Å²) < 4.78 is 5.52. The zero-order valence-electron chi connectivity index (χ0n) is 10.2. The first kappa shape index (κ1) is 10.8. The van der Waals surface area contributed by atoms with E-state index in [1.807, 2.05) is 37.3 Å². The Morgan fingerprint density at radius 1 is 1.17 bits per heavy atom. The van der Waals surface area contributed by atoms with Crippen LogP contribution in [0.15, 0.2) is 53.1 Å². The third kappa shape index (κ3) is 2.20. The van der Waals surface area contributed by atoms with Crippen molar-refractivity contribution in [2.75, 3.05) is 5.32 Å². The highest BCUT2D eigenvalue weighted by Gasteiger charge is 2.00. The monoisotopic (exact) mass is 238 g/mol. The topological polar surface area (TPSA) is 38.1 Å². The van der Waals surface area contributed by atoms with E-state index in [9.17, 15) is 0 Å². The standard InChI is InChI=1S/C15H14N2O/c1-11-4-6-14(18-11)10-17-13-5-7-15-12(9-13)3-2-8-16-15/h2-9,17H,10H2,1H3. The summed E-state index contributed by atoms with van der Waals surface area (Å²) in [6.07, 6.45) is 1.81. The fourth-order valence-corrected chi connectivity index (χ4v) is 1.95. The number of hydrogen-bond donors (Lipinski definition) is 1. The van der Waals surface area contributed by atoms with Crippen LogP contribution in [0.5, 0.6) is 0 Å². The Bertz CT molecular complexity index is 673. The molecular formula is C15H14N2O. The van der Waals surface area contributed by atoms with Crippen molar-refractivity contribution < 1.29 is 4.42 Å². The van der Waals surface area contributed by atoms with Crippen molar-refractivity contribution in [1.82, 2.24) is 4.98 Å². The molecule has 2 aromatic heterocycles. The summed E-state index contributed by atoms with van der Waals surface area (Å²) >= 11 is 0. The van der Waals surface area contributed by atoms with E-state index in [-0.39, 0.29) is 0 Å². The van der Waals surface area contributed by atoms with Crippen LogP contribution in [0.25, 0.3) is 10.9 Å². The van der Waals surface area contributed by atoms with Gasteiger partial charge in [-0.15, -0.1) is 0 Å². The molecule has 1 N–H and O–H groups in total. The molecule has 0 saturated heterocycles. The van der Waals surface area contributed by atoms with E-state index < -0.39 is 0 Å². The molecule has 0 aliphatic rings. The number of aryl methyl sites for hydroxylation is 1. The van der Waals surface area contributed by atoms with Crippen LogP contribution in [0.4, 0.5) is 5.69 Å². The highest BCUT2D eigenvalue weighted by atomic mass is 16.3. The number of fused-ring (bicyclic) bond motifs is 1. The maximum Gasteiger partial charge on any atom is 0.123 e. The van der Waals surface area contributed by atoms with Crippen LogP contribution in [-0.2, 0) is 6.54 Å². The number of hydrogen-bond acceptors (Lipinski definition) is 3. The molecule has 3 heteroatoms. The van der Waals surface area contributed by atoms with Crippen molar-refractivity contribution in [3.05, 3.63) is 60.2 Å². The molecule has 0 saturated carbocycles. The van der Waals surface area contributed by atoms with E-state index in [1.54, 1.807) is 6.20 Å². The lowest BCUT2D eigenvalue weighted by Crippen LogP contribution is -1.97. The van der Waals surface area contributed by atoms with Crippen LogP contribution in [-0.4, -0.2) is 4.98 Å². The van der Waals surface area contributed by atoms with Gasteiger partial charge in [-0.3, -0.25) is 4.98 Å². The molecule has 0 radical (unpaired) electrons. The highest BCUT2D eigenvalue weighted by molar-refractivity contribution is 5.82. The summed E-state index contributed by atoms with van der Waals surface area (Å²) in [5.74, 6) is 1.88. The minimum Gasteiger partial charge on any atom is -0.465 e. The Kier molecular flexibility index (Phi) is 2.73. The Labute approximate surface area is 105 Å². The number of nitrogens with zero attached hydrogens (tertiary/aromatic N) is 1. The molecule has 1 aromatic carbocycles. The van der Waals surface area contributed by atoms with E-state index in [4.69, 9.17) is 4.42 Å². The summed E-state index contributed by atoms with van der Waals surface area (Å²) in [4.78, 5) is 4.30. The van der Waals surface area contributed by atoms with Gasteiger partial charge in [0.2, 0.25) is 0 Å². The number of aromatic nitrogens is 1. The molecule has 0 spiro atoms. The molecule has 0 fully saturated rings. The lowest BCUT2D eigenvalue weighted by molar-refractivity contribution is 0.490. The second-order valence-electron chi connectivity index (χ2n) is 4.28. The Morgan fingerprint density at radius 3 is 2.94 bits per heavy atom. The minimum atomic E-state index is 0.694. The van der Waals surface area contributed by atoms with E-state index in [2.05, 4.69) is 22.4 Å². The van der Waals surface area contributed by atoms with Gasteiger partial charge in [-0.2, -0.15) is 0 Å². The summed E-state index contributed by atoms with van der Waals surface area (Å²) in [6, 6.07) is 14.1. The Balaban J connectivity index is 1.78. The number of furan rings is 1. The predicted octanol–water partition coefficient (Wildman–Crippen LogP) is 3.75. The van der Waals surface area contributed by atoms with E-state index >= 15 is 0 Å². The molecule has 0 unspecified atom stereocenters. The maximum absolute atomic E-state index is 5.52. The van der Waals surface area contributed by atoms with E-state index in [0.717, 1.165) is 28.1 Å². The van der Waals surface area contributed by atoms with Gasteiger partial charge in [-0.1, -0.05) is 6.07 Å². The number of rotatable bonds is 3. The number of anilines is 1. The van der Waals surface area contributed by atoms with Gasteiger partial charge < -0.3 is 9.73 Å². The third-order valence-electron chi connectivity index (χ3n) is 2.87. The molecule has 18 heavy (non-hydrogen) atoms. The first-order valence-corrected chi connectivity index (χ1v) is 5.95. The molecule has 0 aliphatic heterocycles. The van der Waals surface area contributed by atoms with E-state index in [0.29, 0.717) is 6.54 Å². The Morgan fingerprint density at radius 2 is 2.11 bits per heavy atom. The van der Waals surface area contributed by atoms with Crippen molar-refractivity contribution in [3.8, 4) is 0 Å². The van der Waals surface area contributed by atoms with Crippen molar-refractivity contribution in [2.24, 2.45) is 0 Å². The lowest BCUT2D eigenvalue weighted by atomic mass is 10.2. The summed E-state index contributed by atoms with van der Waals surface area (Å²) in [7, 11) is 0. The van der Waals surface area contributed by atoms with Crippen LogP contribution in [0, 0.1) is 6.92 Å². The fourth-order valence-electron chi connectivity index (χ4n) is 1.95. The first-order valence-electron chi connectivity index (χ1n) is 5.95. The highest BCUT2D eigenvalue weighted by Crippen LogP contribution is 2.18. The van der Waals surface area contributed by atoms with Crippen molar-refractivity contribution >= 4 is 16.6 Å². The third-order valence-corrected chi connectivity index (χ3v) is 2.87. The molecule has 0 bridgehead atoms. The molecule has 3 rings (SSSR count). The predicted molar refractivity (Wildman–Crippen MR) is 72.5 cm³/mol. The van der Waals surface area contributed by atoms with Crippen molar-refractivity contribution in [2.45, 2.75) is 13.5 Å². The smallest absolute Gasteiger partial charge is 0.123 e. The summed E-state index contributed by atoms with van der Waals surface area (Å²) in [5, 5.41) is 4.48. The fraction of sp³-hybridized carbons (Fsp3) is 0.133. The van der Waals surface area contributed by atoms with Crippen LogP contribution in [0.2, 0.25) is 0 Å². The van der Waals surface area contributed by atoms with Gasteiger partial charge in [0, 0.05) is 17.3 Å².